The first-order chi connectivity index (χ1) is 14.2. The van der Waals surface area contributed by atoms with Gasteiger partial charge in [-0.3, -0.25) is 0 Å². The molecule has 0 fully saturated rings. The second kappa shape index (κ2) is 7.10. The third-order valence-electron chi connectivity index (χ3n) is 5.54. The van der Waals surface area contributed by atoms with Crippen molar-refractivity contribution in [2.45, 2.75) is 13.8 Å². The van der Waals surface area contributed by atoms with Gasteiger partial charge in [0.1, 0.15) is 0 Å². The second-order valence-corrected chi connectivity index (χ2v) is 7.67. The van der Waals surface area contributed by atoms with Crippen molar-refractivity contribution in [2.75, 3.05) is 4.90 Å². The Bertz CT molecular complexity index is 1320. The van der Waals surface area contributed by atoms with Gasteiger partial charge in [0.25, 0.3) is 0 Å². The van der Waals surface area contributed by atoms with Gasteiger partial charge < -0.3 is 4.90 Å². The minimum Gasteiger partial charge on any atom is -0.310 e. The van der Waals surface area contributed by atoms with Crippen molar-refractivity contribution < 1.29 is 0 Å². The van der Waals surface area contributed by atoms with Crippen LogP contribution in [0.15, 0.2) is 103 Å². The standard InChI is InChI=1S/C28H23N/c1-20-14-16-23(17-15-20)29(24-10-7-8-21(2)18-24)28-19-22-9-3-4-11-25(22)26-12-5-6-13-27(26)28/h3-19H,1-2H3. The van der Waals surface area contributed by atoms with Crippen molar-refractivity contribution in [1.82, 2.24) is 0 Å². The lowest BCUT2D eigenvalue weighted by Crippen LogP contribution is -2.10. The molecule has 0 saturated heterocycles. The SMILES string of the molecule is Cc1ccc(N(c2cccc(C)c2)c2cc3ccccc3c3ccccc23)cc1. The molecular formula is C28H23N. The molecule has 0 N–H and O–H groups in total. The van der Waals surface area contributed by atoms with Crippen molar-refractivity contribution in [3.8, 4) is 0 Å². The van der Waals surface area contributed by atoms with E-state index in [1.54, 1.807) is 0 Å². The van der Waals surface area contributed by atoms with Crippen LogP contribution in [0.3, 0.4) is 0 Å². The number of hydrogen-bond donors (Lipinski definition) is 0. The zero-order valence-electron chi connectivity index (χ0n) is 16.8. The molecular weight excluding hydrogens is 350 g/mol. The maximum atomic E-state index is 2.38. The highest BCUT2D eigenvalue weighted by atomic mass is 15.1. The molecule has 1 nitrogen and oxygen atoms in total. The van der Waals surface area contributed by atoms with E-state index in [0.29, 0.717) is 0 Å². The summed E-state index contributed by atoms with van der Waals surface area (Å²) in [7, 11) is 0. The average Bonchev–Trinajstić information content (AvgIpc) is 2.75. The average molecular weight is 373 g/mol. The zero-order chi connectivity index (χ0) is 19.8. The van der Waals surface area contributed by atoms with Crippen LogP contribution in [-0.2, 0) is 0 Å². The van der Waals surface area contributed by atoms with E-state index in [1.807, 2.05) is 0 Å². The Labute approximate surface area is 171 Å². The molecule has 5 rings (SSSR count). The van der Waals surface area contributed by atoms with E-state index in [0.717, 1.165) is 0 Å². The first-order valence-electron chi connectivity index (χ1n) is 10.0. The van der Waals surface area contributed by atoms with Crippen LogP contribution in [0.25, 0.3) is 21.5 Å². The molecule has 0 aliphatic rings. The number of nitrogens with zero attached hydrogens (tertiary/aromatic N) is 1. The highest BCUT2D eigenvalue weighted by Gasteiger charge is 2.17. The van der Waals surface area contributed by atoms with Gasteiger partial charge in [-0.05, 0) is 65.9 Å². The fourth-order valence-electron chi connectivity index (χ4n) is 4.11. The van der Waals surface area contributed by atoms with Gasteiger partial charge in [0.05, 0.1) is 5.69 Å². The molecule has 0 aromatic heterocycles. The smallest absolute Gasteiger partial charge is 0.0546 e. The largest absolute Gasteiger partial charge is 0.310 e. The van der Waals surface area contributed by atoms with Gasteiger partial charge in [-0.2, -0.15) is 0 Å². The van der Waals surface area contributed by atoms with Gasteiger partial charge in [-0.1, -0.05) is 78.4 Å². The quantitative estimate of drug-likeness (QED) is 0.289. The normalized spacial score (nSPS) is 11.1. The van der Waals surface area contributed by atoms with Gasteiger partial charge in [0, 0.05) is 16.8 Å². The molecule has 0 amide bonds. The third kappa shape index (κ3) is 3.15. The number of fused-ring (bicyclic) bond motifs is 3. The van der Waals surface area contributed by atoms with Crippen molar-refractivity contribution in [1.29, 1.82) is 0 Å². The van der Waals surface area contributed by atoms with Crippen molar-refractivity contribution in [3.63, 3.8) is 0 Å². The Kier molecular flexibility index (Phi) is 4.29. The summed E-state index contributed by atoms with van der Waals surface area (Å²) >= 11 is 0. The summed E-state index contributed by atoms with van der Waals surface area (Å²) in [5.41, 5.74) is 6.07. The van der Waals surface area contributed by atoms with Crippen LogP contribution in [0, 0.1) is 13.8 Å². The molecule has 0 unspecified atom stereocenters. The number of aryl methyl sites for hydroxylation is 2. The molecule has 5 aromatic rings. The highest BCUT2D eigenvalue weighted by molar-refractivity contribution is 6.14. The molecule has 140 valence electrons. The van der Waals surface area contributed by atoms with Crippen molar-refractivity contribution in [3.05, 3.63) is 114 Å². The van der Waals surface area contributed by atoms with Gasteiger partial charge in [-0.15, -0.1) is 0 Å². The lowest BCUT2D eigenvalue weighted by atomic mass is 9.99. The Morgan fingerprint density at radius 1 is 0.483 bits per heavy atom. The Morgan fingerprint density at radius 3 is 1.93 bits per heavy atom. The molecule has 0 aliphatic heterocycles. The number of anilines is 3. The third-order valence-corrected chi connectivity index (χ3v) is 5.54. The summed E-state index contributed by atoms with van der Waals surface area (Å²) in [5, 5.41) is 5.09. The van der Waals surface area contributed by atoms with Gasteiger partial charge >= 0.3 is 0 Å². The monoisotopic (exact) mass is 373 g/mol. The van der Waals surface area contributed by atoms with E-state index in [2.05, 4.69) is 122 Å². The van der Waals surface area contributed by atoms with Crippen LogP contribution >= 0.6 is 0 Å². The Morgan fingerprint density at radius 2 is 1.17 bits per heavy atom. The van der Waals surface area contributed by atoms with E-state index in [9.17, 15) is 0 Å². The van der Waals surface area contributed by atoms with E-state index in [1.165, 1.54) is 49.7 Å². The maximum Gasteiger partial charge on any atom is 0.0546 e. The minimum atomic E-state index is 1.17. The van der Waals surface area contributed by atoms with E-state index in [4.69, 9.17) is 0 Å². The fourth-order valence-corrected chi connectivity index (χ4v) is 4.11. The topological polar surface area (TPSA) is 3.24 Å². The summed E-state index contributed by atoms with van der Waals surface area (Å²) in [6.07, 6.45) is 0. The van der Waals surface area contributed by atoms with Crippen LogP contribution in [0.1, 0.15) is 11.1 Å². The van der Waals surface area contributed by atoms with Gasteiger partial charge in [-0.25, -0.2) is 0 Å². The first-order valence-corrected chi connectivity index (χ1v) is 10.0. The first kappa shape index (κ1) is 17.5. The summed E-state index contributed by atoms with van der Waals surface area (Å²) < 4.78 is 0. The Balaban J connectivity index is 1.86. The van der Waals surface area contributed by atoms with Crippen LogP contribution < -0.4 is 4.90 Å². The second-order valence-electron chi connectivity index (χ2n) is 7.67. The van der Waals surface area contributed by atoms with Gasteiger partial charge in [0.2, 0.25) is 0 Å². The molecule has 0 spiro atoms. The molecule has 0 heterocycles. The number of hydrogen-bond acceptors (Lipinski definition) is 1. The molecule has 0 saturated carbocycles. The van der Waals surface area contributed by atoms with Crippen LogP contribution in [0.4, 0.5) is 17.1 Å². The summed E-state index contributed by atoms with van der Waals surface area (Å²) in [4.78, 5) is 2.38. The number of rotatable bonds is 3. The van der Waals surface area contributed by atoms with E-state index >= 15 is 0 Å². The van der Waals surface area contributed by atoms with E-state index < -0.39 is 0 Å². The molecule has 5 aromatic carbocycles. The van der Waals surface area contributed by atoms with Crippen LogP contribution in [-0.4, -0.2) is 0 Å². The predicted molar refractivity (Wildman–Crippen MR) is 126 cm³/mol. The van der Waals surface area contributed by atoms with Gasteiger partial charge in [0.15, 0.2) is 0 Å². The zero-order valence-corrected chi connectivity index (χ0v) is 16.8. The highest BCUT2D eigenvalue weighted by Crippen LogP contribution is 2.41. The number of benzene rings is 5. The summed E-state index contributed by atoms with van der Waals surface area (Å²) in [5.74, 6) is 0. The summed E-state index contributed by atoms with van der Waals surface area (Å²) in [6, 6.07) is 37.2. The molecule has 0 radical (unpaired) electrons. The predicted octanol–water partition coefficient (Wildman–Crippen LogP) is 8.08. The van der Waals surface area contributed by atoms with Crippen LogP contribution in [0.5, 0.6) is 0 Å². The molecule has 0 atom stereocenters. The van der Waals surface area contributed by atoms with Crippen molar-refractivity contribution in [2.24, 2.45) is 0 Å². The lowest BCUT2D eigenvalue weighted by Gasteiger charge is -2.28. The van der Waals surface area contributed by atoms with E-state index in [-0.39, 0.29) is 0 Å². The minimum absolute atomic E-state index is 1.17. The van der Waals surface area contributed by atoms with Crippen LogP contribution in [0.2, 0.25) is 0 Å². The summed E-state index contributed by atoms with van der Waals surface area (Å²) in [6.45, 7) is 4.28. The van der Waals surface area contributed by atoms with Crippen molar-refractivity contribution >= 4 is 38.6 Å². The maximum absolute atomic E-state index is 2.38. The fraction of sp³-hybridized carbons (Fsp3) is 0.0714. The molecule has 29 heavy (non-hydrogen) atoms. The molecule has 0 aliphatic carbocycles. The molecule has 0 bridgehead atoms. The lowest BCUT2D eigenvalue weighted by molar-refractivity contribution is 1.28. The molecule has 1 heteroatoms. The Hall–Kier alpha value is -3.58.